The Hall–Kier alpha value is -2.64. The molecule has 2 aromatic rings. The summed E-state index contributed by atoms with van der Waals surface area (Å²) in [6.07, 6.45) is 2.05. The fourth-order valence-corrected chi connectivity index (χ4v) is 3.73. The molecule has 2 amide bonds. The standard InChI is InChI=1S/C24H35N5O2/c1-4-28(5-2)18-22-9-7-6-8-21(22)16-27-24(30)26-15-20-10-11-23(25-14-20)29-12-13-31-19(3)17-29/h6-11,14,19H,4-5,12-13,15-18H2,1-3H3,(H2,26,27,30). The molecule has 1 fully saturated rings. The number of morpholine rings is 1. The number of carbonyl (C=O) groups excluding carboxylic acids is 1. The molecule has 2 N–H and O–H groups in total. The molecule has 0 saturated carbocycles. The van der Waals surface area contributed by atoms with Crippen LogP contribution in [-0.4, -0.2) is 54.8 Å². The second-order valence-corrected chi connectivity index (χ2v) is 7.92. The number of pyridine rings is 1. The summed E-state index contributed by atoms with van der Waals surface area (Å²) in [6, 6.07) is 12.1. The monoisotopic (exact) mass is 425 g/mol. The van der Waals surface area contributed by atoms with Gasteiger partial charge in [0.2, 0.25) is 0 Å². The van der Waals surface area contributed by atoms with Gasteiger partial charge in [-0.25, -0.2) is 9.78 Å². The minimum Gasteiger partial charge on any atom is -0.375 e. The summed E-state index contributed by atoms with van der Waals surface area (Å²) < 4.78 is 5.58. The minimum atomic E-state index is -0.177. The lowest BCUT2D eigenvalue weighted by molar-refractivity contribution is 0.0529. The lowest BCUT2D eigenvalue weighted by atomic mass is 10.1. The summed E-state index contributed by atoms with van der Waals surface area (Å²) in [5.41, 5.74) is 3.38. The molecule has 1 atom stereocenters. The van der Waals surface area contributed by atoms with Gasteiger partial charge in [-0.3, -0.25) is 4.90 Å². The van der Waals surface area contributed by atoms with E-state index in [-0.39, 0.29) is 12.1 Å². The fraction of sp³-hybridized carbons (Fsp3) is 0.500. The van der Waals surface area contributed by atoms with Crippen molar-refractivity contribution < 1.29 is 9.53 Å². The van der Waals surface area contributed by atoms with Gasteiger partial charge in [0.25, 0.3) is 0 Å². The van der Waals surface area contributed by atoms with Gasteiger partial charge < -0.3 is 20.3 Å². The number of hydrogen-bond acceptors (Lipinski definition) is 5. The van der Waals surface area contributed by atoms with Crippen molar-refractivity contribution in [2.75, 3.05) is 37.7 Å². The van der Waals surface area contributed by atoms with Gasteiger partial charge in [-0.1, -0.05) is 44.2 Å². The highest BCUT2D eigenvalue weighted by molar-refractivity contribution is 5.73. The maximum atomic E-state index is 12.3. The van der Waals surface area contributed by atoms with Gasteiger partial charge in [-0.05, 0) is 42.8 Å². The van der Waals surface area contributed by atoms with Gasteiger partial charge >= 0.3 is 6.03 Å². The van der Waals surface area contributed by atoms with Crippen LogP contribution in [-0.2, 0) is 24.4 Å². The van der Waals surface area contributed by atoms with Crippen molar-refractivity contribution in [3.05, 3.63) is 59.3 Å². The molecular formula is C24H35N5O2. The van der Waals surface area contributed by atoms with Gasteiger partial charge in [0, 0.05) is 38.9 Å². The van der Waals surface area contributed by atoms with Crippen molar-refractivity contribution in [3.8, 4) is 0 Å². The summed E-state index contributed by atoms with van der Waals surface area (Å²) in [6.45, 7) is 12.7. The molecule has 0 spiro atoms. The third-order valence-corrected chi connectivity index (χ3v) is 5.67. The van der Waals surface area contributed by atoms with Gasteiger partial charge in [0.05, 0.1) is 12.7 Å². The predicted octanol–water partition coefficient (Wildman–Crippen LogP) is 3.15. The highest BCUT2D eigenvalue weighted by Crippen LogP contribution is 2.15. The van der Waals surface area contributed by atoms with Crippen LogP contribution in [0, 0.1) is 0 Å². The Bertz CT molecular complexity index is 823. The Morgan fingerprint density at radius 3 is 2.55 bits per heavy atom. The molecule has 168 valence electrons. The maximum absolute atomic E-state index is 12.3. The lowest BCUT2D eigenvalue weighted by Gasteiger charge is -2.32. The molecule has 0 radical (unpaired) electrons. The molecule has 2 heterocycles. The minimum absolute atomic E-state index is 0.177. The van der Waals surface area contributed by atoms with E-state index in [2.05, 4.69) is 64.4 Å². The smallest absolute Gasteiger partial charge is 0.315 e. The van der Waals surface area contributed by atoms with Crippen LogP contribution in [0.25, 0.3) is 0 Å². The van der Waals surface area contributed by atoms with Crippen LogP contribution in [0.4, 0.5) is 10.6 Å². The van der Waals surface area contributed by atoms with Crippen molar-refractivity contribution in [3.63, 3.8) is 0 Å². The van der Waals surface area contributed by atoms with Crippen LogP contribution in [0.2, 0.25) is 0 Å². The number of rotatable bonds is 9. The first-order valence-electron chi connectivity index (χ1n) is 11.2. The zero-order valence-corrected chi connectivity index (χ0v) is 18.9. The number of benzene rings is 1. The number of aromatic nitrogens is 1. The van der Waals surface area contributed by atoms with E-state index in [9.17, 15) is 4.79 Å². The average Bonchev–Trinajstić information content (AvgIpc) is 2.80. The van der Waals surface area contributed by atoms with E-state index in [1.165, 1.54) is 5.56 Å². The van der Waals surface area contributed by atoms with Crippen molar-refractivity contribution in [2.45, 2.75) is 46.5 Å². The summed E-state index contributed by atoms with van der Waals surface area (Å²) in [7, 11) is 0. The highest BCUT2D eigenvalue weighted by atomic mass is 16.5. The number of carbonyl (C=O) groups is 1. The van der Waals surface area contributed by atoms with E-state index in [4.69, 9.17) is 4.74 Å². The normalized spacial score (nSPS) is 16.4. The molecule has 3 rings (SSSR count). The number of amides is 2. The molecule has 1 aromatic carbocycles. The van der Waals surface area contributed by atoms with E-state index < -0.39 is 0 Å². The van der Waals surface area contributed by atoms with Crippen molar-refractivity contribution in [1.29, 1.82) is 0 Å². The first kappa shape index (κ1) is 23.0. The Balaban J connectivity index is 1.46. The molecule has 1 saturated heterocycles. The maximum Gasteiger partial charge on any atom is 0.315 e. The van der Waals surface area contributed by atoms with Crippen molar-refractivity contribution in [2.24, 2.45) is 0 Å². The number of nitrogens with one attached hydrogen (secondary N) is 2. The molecule has 0 aliphatic carbocycles. The molecule has 31 heavy (non-hydrogen) atoms. The number of urea groups is 1. The Kier molecular flexibility index (Phi) is 8.67. The summed E-state index contributed by atoms with van der Waals surface area (Å²) >= 11 is 0. The largest absolute Gasteiger partial charge is 0.375 e. The van der Waals surface area contributed by atoms with Gasteiger partial charge in [0.1, 0.15) is 5.82 Å². The topological polar surface area (TPSA) is 69.7 Å². The fourth-order valence-electron chi connectivity index (χ4n) is 3.73. The Morgan fingerprint density at radius 2 is 1.87 bits per heavy atom. The van der Waals surface area contributed by atoms with Crippen molar-refractivity contribution in [1.82, 2.24) is 20.5 Å². The highest BCUT2D eigenvalue weighted by Gasteiger charge is 2.17. The average molecular weight is 426 g/mol. The molecular weight excluding hydrogens is 390 g/mol. The first-order valence-corrected chi connectivity index (χ1v) is 11.2. The van der Waals surface area contributed by atoms with E-state index in [1.807, 2.05) is 24.4 Å². The van der Waals surface area contributed by atoms with Crippen LogP contribution in [0.15, 0.2) is 42.6 Å². The quantitative estimate of drug-likeness (QED) is 0.646. The Morgan fingerprint density at radius 1 is 1.13 bits per heavy atom. The molecule has 0 bridgehead atoms. The van der Waals surface area contributed by atoms with Crippen LogP contribution < -0.4 is 15.5 Å². The van der Waals surface area contributed by atoms with E-state index in [1.54, 1.807) is 0 Å². The lowest BCUT2D eigenvalue weighted by Crippen LogP contribution is -2.41. The SMILES string of the molecule is CCN(CC)Cc1ccccc1CNC(=O)NCc1ccc(N2CCOC(C)C2)nc1. The molecule has 1 aliphatic heterocycles. The number of ether oxygens (including phenoxy) is 1. The van der Waals surface area contributed by atoms with E-state index in [0.717, 1.165) is 56.3 Å². The van der Waals surface area contributed by atoms with Crippen molar-refractivity contribution >= 4 is 11.8 Å². The Labute approximate surface area is 185 Å². The molecule has 1 aliphatic rings. The number of anilines is 1. The van der Waals surface area contributed by atoms with Crippen LogP contribution in [0.1, 0.15) is 37.5 Å². The second-order valence-electron chi connectivity index (χ2n) is 7.92. The second kappa shape index (κ2) is 11.7. The number of hydrogen-bond donors (Lipinski definition) is 2. The molecule has 1 unspecified atom stereocenters. The van der Waals surface area contributed by atoms with Crippen LogP contribution in [0.3, 0.4) is 0 Å². The molecule has 1 aromatic heterocycles. The zero-order chi connectivity index (χ0) is 22.1. The third kappa shape index (κ3) is 6.94. The summed E-state index contributed by atoms with van der Waals surface area (Å²) in [4.78, 5) is 21.5. The van der Waals surface area contributed by atoms with Gasteiger partial charge in [-0.2, -0.15) is 0 Å². The molecule has 7 heteroatoms. The van der Waals surface area contributed by atoms with Gasteiger partial charge in [-0.15, -0.1) is 0 Å². The molecule has 7 nitrogen and oxygen atoms in total. The summed E-state index contributed by atoms with van der Waals surface area (Å²) in [5, 5.41) is 5.90. The number of nitrogens with zero attached hydrogens (tertiary/aromatic N) is 3. The van der Waals surface area contributed by atoms with Gasteiger partial charge in [0.15, 0.2) is 0 Å². The van der Waals surface area contributed by atoms with E-state index >= 15 is 0 Å². The van der Waals surface area contributed by atoms with Crippen LogP contribution >= 0.6 is 0 Å². The van der Waals surface area contributed by atoms with Crippen LogP contribution in [0.5, 0.6) is 0 Å². The third-order valence-electron chi connectivity index (χ3n) is 5.67. The van der Waals surface area contributed by atoms with E-state index in [0.29, 0.717) is 13.1 Å². The predicted molar refractivity (Wildman–Crippen MR) is 124 cm³/mol. The zero-order valence-electron chi connectivity index (χ0n) is 18.9. The summed E-state index contributed by atoms with van der Waals surface area (Å²) in [5.74, 6) is 0.952. The first-order chi connectivity index (χ1) is 15.1.